The number of ether oxygens (including phenoxy) is 1. The van der Waals surface area contributed by atoms with Crippen molar-refractivity contribution >= 4 is 0 Å². The van der Waals surface area contributed by atoms with Gasteiger partial charge in [-0.3, -0.25) is 0 Å². The molecular weight excluding hydrogens is 182 g/mol. The maximum atomic E-state index is 8.77. The van der Waals surface area contributed by atoms with Crippen LogP contribution in [0.1, 0.15) is 18.4 Å². The number of hydrogen-bond acceptors (Lipinski definition) is 4. The van der Waals surface area contributed by atoms with Gasteiger partial charge in [-0.25, -0.2) is 0 Å². The molecule has 0 spiro atoms. The first kappa shape index (κ1) is 11.2. The van der Waals surface area contributed by atoms with Crippen LogP contribution in [-0.2, 0) is 17.9 Å². The second-order valence-electron chi connectivity index (χ2n) is 3.20. The Hall–Kier alpha value is -0.840. The highest BCUT2D eigenvalue weighted by Crippen LogP contribution is 2.06. The molecule has 1 aromatic rings. The van der Waals surface area contributed by atoms with Crippen LogP contribution in [0.15, 0.2) is 16.5 Å². The van der Waals surface area contributed by atoms with Crippen molar-refractivity contribution in [2.45, 2.75) is 26.2 Å². The molecule has 0 saturated carbocycles. The van der Waals surface area contributed by atoms with Crippen LogP contribution in [0.2, 0.25) is 0 Å². The lowest BCUT2D eigenvalue weighted by Gasteiger charge is -2.09. The Kier molecular flexibility index (Phi) is 4.65. The Labute approximate surface area is 83.9 Å². The summed E-state index contributed by atoms with van der Waals surface area (Å²) in [5, 5.41) is 12.0. The maximum absolute atomic E-state index is 8.77. The minimum Gasteiger partial charge on any atom is -0.462 e. The number of rotatable bonds is 6. The zero-order chi connectivity index (χ0) is 10.4. The lowest BCUT2D eigenvalue weighted by atomic mass is 10.4. The van der Waals surface area contributed by atoms with Gasteiger partial charge in [0, 0.05) is 13.7 Å². The number of nitrogens with one attached hydrogen (secondary N) is 1. The van der Waals surface area contributed by atoms with Crippen LogP contribution in [-0.4, -0.2) is 24.9 Å². The monoisotopic (exact) mass is 199 g/mol. The third-order valence-corrected chi connectivity index (χ3v) is 2.01. The molecule has 1 unspecified atom stereocenters. The molecule has 0 amide bonds. The van der Waals surface area contributed by atoms with Gasteiger partial charge >= 0.3 is 0 Å². The predicted octanol–water partition coefficient (Wildman–Crippen LogP) is 0.896. The van der Waals surface area contributed by atoms with Crippen molar-refractivity contribution < 1.29 is 14.3 Å². The smallest absolute Gasteiger partial charge is 0.129 e. The van der Waals surface area contributed by atoms with Gasteiger partial charge in [-0.2, -0.15) is 0 Å². The van der Waals surface area contributed by atoms with E-state index in [1.165, 1.54) is 0 Å². The zero-order valence-corrected chi connectivity index (χ0v) is 8.62. The highest BCUT2D eigenvalue weighted by atomic mass is 16.5. The van der Waals surface area contributed by atoms with E-state index in [4.69, 9.17) is 14.3 Å². The molecule has 0 bridgehead atoms. The topological polar surface area (TPSA) is 54.6 Å². The summed E-state index contributed by atoms with van der Waals surface area (Å²) < 4.78 is 10.4. The van der Waals surface area contributed by atoms with E-state index in [-0.39, 0.29) is 12.7 Å². The van der Waals surface area contributed by atoms with Crippen molar-refractivity contribution in [2.24, 2.45) is 0 Å². The Morgan fingerprint density at radius 1 is 1.50 bits per heavy atom. The van der Waals surface area contributed by atoms with Crippen LogP contribution in [0.4, 0.5) is 0 Å². The maximum Gasteiger partial charge on any atom is 0.129 e. The average molecular weight is 199 g/mol. The van der Waals surface area contributed by atoms with Gasteiger partial charge < -0.3 is 19.6 Å². The second-order valence-corrected chi connectivity index (χ2v) is 3.20. The number of aliphatic hydroxyl groups excluding tert-OH is 1. The van der Waals surface area contributed by atoms with Crippen molar-refractivity contribution in [1.82, 2.24) is 5.32 Å². The largest absolute Gasteiger partial charge is 0.462 e. The first-order valence-electron chi connectivity index (χ1n) is 4.68. The van der Waals surface area contributed by atoms with Crippen molar-refractivity contribution in [2.75, 3.05) is 13.7 Å². The lowest BCUT2D eigenvalue weighted by Crippen LogP contribution is -2.25. The molecule has 0 saturated heterocycles. The molecule has 1 atom stereocenters. The normalized spacial score (nSPS) is 13.1. The summed E-state index contributed by atoms with van der Waals surface area (Å²) >= 11 is 0. The Balaban J connectivity index is 2.24. The molecule has 1 heterocycles. The summed E-state index contributed by atoms with van der Waals surface area (Å²) in [5.41, 5.74) is 0. The van der Waals surface area contributed by atoms with Crippen LogP contribution in [0.25, 0.3) is 0 Å². The number of methoxy groups -OCH3 is 1. The van der Waals surface area contributed by atoms with Gasteiger partial charge in [0.1, 0.15) is 18.1 Å². The highest BCUT2D eigenvalue weighted by molar-refractivity contribution is 5.05. The van der Waals surface area contributed by atoms with E-state index >= 15 is 0 Å². The minimum absolute atomic E-state index is 0.0471. The molecule has 80 valence electrons. The summed E-state index contributed by atoms with van der Waals surface area (Å²) in [6.07, 6.45) is 0.197. The van der Waals surface area contributed by atoms with Crippen molar-refractivity contribution in [3.8, 4) is 0 Å². The van der Waals surface area contributed by atoms with Crippen LogP contribution in [0, 0.1) is 0 Å². The van der Waals surface area contributed by atoms with Crippen molar-refractivity contribution in [3.63, 3.8) is 0 Å². The molecule has 0 radical (unpaired) electrons. The van der Waals surface area contributed by atoms with Gasteiger partial charge in [-0.15, -0.1) is 0 Å². The van der Waals surface area contributed by atoms with Gasteiger partial charge in [0.2, 0.25) is 0 Å². The second kappa shape index (κ2) is 5.80. The van der Waals surface area contributed by atoms with Gasteiger partial charge in [0.05, 0.1) is 12.6 Å². The molecule has 0 aliphatic carbocycles. The molecule has 14 heavy (non-hydrogen) atoms. The van der Waals surface area contributed by atoms with Gasteiger partial charge in [-0.1, -0.05) is 0 Å². The van der Waals surface area contributed by atoms with E-state index in [1.807, 2.05) is 13.0 Å². The van der Waals surface area contributed by atoms with Gasteiger partial charge in [0.25, 0.3) is 0 Å². The van der Waals surface area contributed by atoms with Crippen molar-refractivity contribution in [3.05, 3.63) is 23.7 Å². The predicted molar refractivity (Wildman–Crippen MR) is 52.8 cm³/mol. The van der Waals surface area contributed by atoms with Crippen LogP contribution in [0.5, 0.6) is 0 Å². The molecule has 4 heteroatoms. The SMILES string of the molecule is COC(C)CNCc1ccc(CO)o1. The van der Waals surface area contributed by atoms with E-state index in [9.17, 15) is 0 Å². The average Bonchev–Trinajstić information content (AvgIpc) is 2.65. The molecule has 4 nitrogen and oxygen atoms in total. The van der Waals surface area contributed by atoms with E-state index in [2.05, 4.69) is 5.32 Å². The van der Waals surface area contributed by atoms with Crippen LogP contribution < -0.4 is 5.32 Å². The molecule has 1 aromatic heterocycles. The van der Waals surface area contributed by atoms with E-state index in [1.54, 1.807) is 13.2 Å². The molecule has 0 aromatic carbocycles. The number of hydrogen-bond donors (Lipinski definition) is 2. The third kappa shape index (κ3) is 3.49. The van der Waals surface area contributed by atoms with Crippen LogP contribution in [0.3, 0.4) is 0 Å². The Bertz CT molecular complexity index is 260. The summed E-state index contributed by atoms with van der Waals surface area (Å²) in [4.78, 5) is 0. The highest BCUT2D eigenvalue weighted by Gasteiger charge is 2.02. The molecule has 0 fully saturated rings. The van der Waals surface area contributed by atoms with E-state index in [0.29, 0.717) is 12.3 Å². The summed E-state index contributed by atoms with van der Waals surface area (Å²) in [6.45, 7) is 3.39. The Morgan fingerprint density at radius 3 is 2.79 bits per heavy atom. The first-order chi connectivity index (χ1) is 6.76. The summed E-state index contributed by atoms with van der Waals surface area (Å²) in [6, 6.07) is 3.63. The quantitative estimate of drug-likeness (QED) is 0.714. The Morgan fingerprint density at radius 2 is 2.21 bits per heavy atom. The molecule has 0 aliphatic heterocycles. The molecule has 1 rings (SSSR count). The van der Waals surface area contributed by atoms with Crippen molar-refractivity contribution in [1.29, 1.82) is 0 Å². The molecule has 2 N–H and O–H groups in total. The summed E-state index contributed by atoms with van der Waals surface area (Å²) in [7, 11) is 1.68. The first-order valence-corrected chi connectivity index (χ1v) is 4.68. The standard InChI is InChI=1S/C10H17NO3/c1-8(13-2)5-11-6-9-3-4-10(7-12)14-9/h3-4,8,11-12H,5-7H2,1-2H3. The number of aliphatic hydroxyl groups is 1. The van der Waals surface area contributed by atoms with Gasteiger partial charge in [-0.05, 0) is 19.1 Å². The summed E-state index contributed by atoms with van der Waals surface area (Å²) in [5.74, 6) is 1.43. The fourth-order valence-corrected chi connectivity index (χ4v) is 1.08. The lowest BCUT2D eigenvalue weighted by molar-refractivity contribution is 0.116. The van der Waals surface area contributed by atoms with E-state index < -0.39 is 0 Å². The number of furan rings is 1. The third-order valence-electron chi connectivity index (χ3n) is 2.01. The van der Waals surface area contributed by atoms with Gasteiger partial charge in [0.15, 0.2) is 0 Å². The zero-order valence-electron chi connectivity index (χ0n) is 8.62. The van der Waals surface area contributed by atoms with E-state index in [0.717, 1.165) is 12.3 Å². The molecule has 0 aliphatic rings. The fourth-order valence-electron chi connectivity index (χ4n) is 1.08. The minimum atomic E-state index is -0.0471. The fraction of sp³-hybridized carbons (Fsp3) is 0.600. The molecular formula is C10H17NO3. The van der Waals surface area contributed by atoms with Crippen LogP contribution >= 0.6 is 0 Å².